The number of hydrogen-bond acceptors (Lipinski definition) is 3. The van der Waals surface area contributed by atoms with Gasteiger partial charge in [-0.25, -0.2) is 5.06 Å². The summed E-state index contributed by atoms with van der Waals surface area (Å²) in [4.78, 5) is 16.9. The summed E-state index contributed by atoms with van der Waals surface area (Å²) in [6.07, 6.45) is 2.89. The Morgan fingerprint density at radius 2 is 2.23 bits per heavy atom. The van der Waals surface area contributed by atoms with E-state index in [0.717, 1.165) is 32.4 Å². The van der Waals surface area contributed by atoms with Crippen LogP contribution in [0.15, 0.2) is 0 Å². The average molecular weight is 185 g/mol. The second-order valence-corrected chi connectivity index (χ2v) is 3.54. The van der Waals surface area contributed by atoms with E-state index >= 15 is 0 Å². The zero-order chi connectivity index (χ0) is 9.10. The van der Waals surface area contributed by atoms with Gasteiger partial charge in [-0.1, -0.05) is 0 Å². The summed E-state index contributed by atoms with van der Waals surface area (Å²) < 4.78 is 5.26. The lowest BCUT2D eigenvalue weighted by Crippen LogP contribution is -2.37. The standard InChI is InChI=1S/C9H15NO3/c11-9(10-4-2-6-13-10)8-3-1-5-12-7-8/h8H,1-7H2. The zero-order valence-corrected chi connectivity index (χ0v) is 7.70. The Morgan fingerprint density at radius 1 is 1.31 bits per heavy atom. The van der Waals surface area contributed by atoms with Crippen LogP contribution in [0.3, 0.4) is 0 Å². The number of carbonyl (C=O) groups is 1. The van der Waals surface area contributed by atoms with E-state index in [9.17, 15) is 4.79 Å². The van der Waals surface area contributed by atoms with E-state index in [-0.39, 0.29) is 11.8 Å². The third-order valence-corrected chi connectivity index (χ3v) is 2.51. The molecule has 13 heavy (non-hydrogen) atoms. The molecule has 2 fully saturated rings. The molecule has 0 aromatic rings. The van der Waals surface area contributed by atoms with Crippen LogP contribution >= 0.6 is 0 Å². The first-order valence-corrected chi connectivity index (χ1v) is 4.90. The van der Waals surface area contributed by atoms with Crippen molar-refractivity contribution in [1.29, 1.82) is 0 Å². The maximum absolute atomic E-state index is 11.7. The van der Waals surface area contributed by atoms with Gasteiger partial charge in [0.05, 0.1) is 25.7 Å². The van der Waals surface area contributed by atoms with Gasteiger partial charge in [0.2, 0.25) is 0 Å². The summed E-state index contributed by atoms with van der Waals surface area (Å²) in [5, 5.41) is 1.50. The van der Waals surface area contributed by atoms with Crippen molar-refractivity contribution in [2.45, 2.75) is 19.3 Å². The number of ether oxygens (including phenoxy) is 1. The van der Waals surface area contributed by atoms with Crippen LogP contribution in [-0.4, -0.2) is 37.3 Å². The van der Waals surface area contributed by atoms with Crippen molar-refractivity contribution < 1.29 is 14.4 Å². The van der Waals surface area contributed by atoms with Gasteiger partial charge in [-0.2, -0.15) is 0 Å². The summed E-state index contributed by atoms with van der Waals surface area (Å²) in [7, 11) is 0. The predicted molar refractivity (Wildman–Crippen MR) is 45.8 cm³/mol. The minimum absolute atomic E-state index is 0.0341. The van der Waals surface area contributed by atoms with Crippen LogP contribution < -0.4 is 0 Å². The van der Waals surface area contributed by atoms with E-state index in [1.807, 2.05) is 0 Å². The fourth-order valence-corrected chi connectivity index (χ4v) is 1.76. The van der Waals surface area contributed by atoms with Gasteiger partial charge < -0.3 is 4.74 Å². The summed E-state index contributed by atoms with van der Waals surface area (Å²) >= 11 is 0. The molecule has 2 heterocycles. The number of carbonyl (C=O) groups excluding carboxylic acids is 1. The Morgan fingerprint density at radius 3 is 2.85 bits per heavy atom. The molecule has 2 aliphatic heterocycles. The largest absolute Gasteiger partial charge is 0.381 e. The van der Waals surface area contributed by atoms with Crippen molar-refractivity contribution in [2.24, 2.45) is 5.92 Å². The van der Waals surface area contributed by atoms with Gasteiger partial charge in [-0.3, -0.25) is 9.63 Å². The normalized spacial score (nSPS) is 29.2. The molecule has 0 aromatic carbocycles. The highest BCUT2D eigenvalue weighted by molar-refractivity contribution is 5.78. The third kappa shape index (κ3) is 2.00. The highest BCUT2D eigenvalue weighted by Gasteiger charge is 2.28. The molecule has 2 saturated heterocycles. The molecule has 1 atom stereocenters. The predicted octanol–water partition coefficient (Wildman–Crippen LogP) is 0.577. The van der Waals surface area contributed by atoms with E-state index in [1.54, 1.807) is 0 Å². The van der Waals surface area contributed by atoms with Crippen LogP contribution in [-0.2, 0) is 14.4 Å². The van der Waals surface area contributed by atoms with E-state index in [2.05, 4.69) is 0 Å². The second-order valence-electron chi connectivity index (χ2n) is 3.54. The number of nitrogens with zero attached hydrogens (tertiary/aromatic N) is 1. The van der Waals surface area contributed by atoms with Crippen LogP contribution in [0.4, 0.5) is 0 Å². The quantitative estimate of drug-likeness (QED) is 0.599. The van der Waals surface area contributed by atoms with Crippen molar-refractivity contribution in [3.63, 3.8) is 0 Å². The average Bonchev–Trinajstić information content (AvgIpc) is 2.71. The molecule has 1 amide bonds. The molecule has 0 saturated carbocycles. The van der Waals surface area contributed by atoms with Crippen LogP contribution in [0, 0.1) is 5.92 Å². The van der Waals surface area contributed by atoms with Crippen molar-refractivity contribution in [3.05, 3.63) is 0 Å². The minimum Gasteiger partial charge on any atom is -0.381 e. The Balaban J connectivity index is 1.87. The molecule has 0 aliphatic carbocycles. The molecule has 1 unspecified atom stereocenters. The Bertz CT molecular complexity index is 183. The monoisotopic (exact) mass is 185 g/mol. The van der Waals surface area contributed by atoms with E-state index in [1.165, 1.54) is 5.06 Å². The molecule has 0 radical (unpaired) electrons. The van der Waals surface area contributed by atoms with Gasteiger partial charge in [0.25, 0.3) is 5.91 Å². The van der Waals surface area contributed by atoms with Crippen LogP contribution in [0.25, 0.3) is 0 Å². The lowest BCUT2D eigenvalue weighted by molar-refractivity contribution is -0.177. The van der Waals surface area contributed by atoms with Crippen LogP contribution in [0.2, 0.25) is 0 Å². The van der Waals surface area contributed by atoms with Crippen LogP contribution in [0.1, 0.15) is 19.3 Å². The smallest absolute Gasteiger partial charge is 0.251 e. The molecule has 4 heteroatoms. The van der Waals surface area contributed by atoms with Crippen molar-refractivity contribution >= 4 is 5.91 Å². The molecular weight excluding hydrogens is 170 g/mol. The highest BCUT2D eigenvalue weighted by Crippen LogP contribution is 2.18. The minimum atomic E-state index is 0.0341. The van der Waals surface area contributed by atoms with Crippen LogP contribution in [0.5, 0.6) is 0 Å². The zero-order valence-electron chi connectivity index (χ0n) is 7.70. The Labute approximate surface area is 77.7 Å². The first kappa shape index (κ1) is 8.97. The lowest BCUT2D eigenvalue weighted by atomic mass is 10.0. The summed E-state index contributed by atoms with van der Waals surface area (Å²) in [5.74, 6) is 0.143. The van der Waals surface area contributed by atoms with Crippen molar-refractivity contribution in [1.82, 2.24) is 5.06 Å². The maximum Gasteiger partial charge on any atom is 0.251 e. The van der Waals surface area contributed by atoms with Gasteiger partial charge in [0.15, 0.2) is 0 Å². The molecule has 0 N–H and O–H groups in total. The lowest BCUT2D eigenvalue weighted by Gasteiger charge is -2.24. The van der Waals surface area contributed by atoms with Gasteiger partial charge in [-0.05, 0) is 19.3 Å². The van der Waals surface area contributed by atoms with E-state index in [0.29, 0.717) is 13.2 Å². The molecule has 2 aliphatic rings. The topological polar surface area (TPSA) is 38.8 Å². The second kappa shape index (κ2) is 4.07. The fourth-order valence-electron chi connectivity index (χ4n) is 1.76. The van der Waals surface area contributed by atoms with Gasteiger partial charge in [-0.15, -0.1) is 0 Å². The molecule has 0 aromatic heterocycles. The Kier molecular flexibility index (Phi) is 2.80. The summed E-state index contributed by atoms with van der Waals surface area (Å²) in [6.45, 7) is 2.79. The maximum atomic E-state index is 11.7. The SMILES string of the molecule is O=C(C1CCCOC1)N1CCCO1. The summed E-state index contributed by atoms with van der Waals surface area (Å²) in [6, 6.07) is 0. The molecule has 74 valence electrons. The van der Waals surface area contributed by atoms with E-state index in [4.69, 9.17) is 9.57 Å². The number of hydroxylamine groups is 2. The third-order valence-electron chi connectivity index (χ3n) is 2.51. The molecule has 0 spiro atoms. The summed E-state index contributed by atoms with van der Waals surface area (Å²) in [5.41, 5.74) is 0. The van der Waals surface area contributed by atoms with E-state index < -0.39 is 0 Å². The number of amides is 1. The van der Waals surface area contributed by atoms with Gasteiger partial charge in [0.1, 0.15) is 0 Å². The molecular formula is C9H15NO3. The van der Waals surface area contributed by atoms with Gasteiger partial charge in [0, 0.05) is 6.61 Å². The molecule has 0 bridgehead atoms. The molecule has 4 nitrogen and oxygen atoms in total. The Hall–Kier alpha value is -0.610. The fraction of sp³-hybridized carbons (Fsp3) is 0.889. The van der Waals surface area contributed by atoms with Crippen molar-refractivity contribution in [2.75, 3.05) is 26.4 Å². The van der Waals surface area contributed by atoms with Gasteiger partial charge >= 0.3 is 0 Å². The first-order valence-electron chi connectivity index (χ1n) is 4.90. The van der Waals surface area contributed by atoms with Crippen molar-refractivity contribution in [3.8, 4) is 0 Å². The number of rotatable bonds is 1. The number of hydrogen-bond donors (Lipinski definition) is 0. The first-order chi connectivity index (χ1) is 6.38. The molecule has 2 rings (SSSR count). The highest BCUT2D eigenvalue weighted by atomic mass is 16.7.